The highest BCUT2D eigenvalue weighted by molar-refractivity contribution is 5.76. The molecule has 124 valence electrons. The number of nitrogens with two attached hydrogens (primary N) is 1. The van der Waals surface area contributed by atoms with Crippen molar-refractivity contribution in [3.05, 3.63) is 0 Å². The molecule has 0 radical (unpaired) electrons. The van der Waals surface area contributed by atoms with E-state index in [0.29, 0.717) is 30.8 Å². The Labute approximate surface area is 129 Å². The lowest BCUT2D eigenvalue weighted by Gasteiger charge is -2.40. The summed E-state index contributed by atoms with van der Waals surface area (Å²) in [5.74, 6) is 0.811. The van der Waals surface area contributed by atoms with Gasteiger partial charge in [0.05, 0.1) is 5.60 Å². The van der Waals surface area contributed by atoms with Gasteiger partial charge in [0.15, 0.2) is 0 Å². The average Bonchev–Trinajstić information content (AvgIpc) is 2.39. The second-order valence-electron chi connectivity index (χ2n) is 8.10. The van der Waals surface area contributed by atoms with Crippen LogP contribution < -0.4 is 11.1 Å². The Balaban J connectivity index is 2.35. The number of nitrogens with one attached hydrogen (secondary N) is 1. The van der Waals surface area contributed by atoms with Crippen molar-refractivity contribution < 1.29 is 9.90 Å². The highest BCUT2D eigenvalue weighted by atomic mass is 16.3. The van der Waals surface area contributed by atoms with E-state index in [1.165, 1.54) is 0 Å². The van der Waals surface area contributed by atoms with E-state index in [-0.39, 0.29) is 11.8 Å². The van der Waals surface area contributed by atoms with Crippen molar-refractivity contribution in [3.63, 3.8) is 0 Å². The maximum atomic E-state index is 12.0. The molecule has 1 saturated carbocycles. The van der Waals surface area contributed by atoms with E-state index in [1.807, 2.05) is 0 Å². The van der Waals surface area contributed by atoms with Gasteiger partial charge in [-0.15, -0.1) is 0 Å². The van der Waals surface area contributed by atoms with Crippen molar-refractivity contribution in [3.8, 4) is 0 Å². The van der Waals surface area contributed by atoms with E-state index in [1.54, 1.807) is 0 Å². The number of carbonyl (C=O) groups is 1. The predicted molar refractivity (Wildman–Crippen MR) is 86.8 cm³/mol. The van der Waals surface area contributed by atoms with Crippen LogP contribution in [0, 0.1) is 17.3 Å². The van der Waals surface area contributed by atoms with E-state index in [9.17, 15) is 9.90 Å². The Hall–Kier alpha value is -0.610. The molecule has 21 heavy (non-hydrogen) atoms. The van der Waals surface area contributed by atoms with Crippen LogP contribution in [0.3, 0.4) is 0 Å². The largest absolute Gasteiger partial charge is 0.388 e. The summed E-state index contributed by atoms with van der Waals surface area (Å²) < 4.78 is 0. The fourth-order valence-electron chi connectivity index (χ4n) is 3.10. The highest BCUT2D eigenvalue weighted by Crippen LogP contribution is 2.39. The van der Waals surface area contributed by atoms with Crippen LogP contribution in [0.1, 0.15) is 66.2 Å². The minimum absolute atomic E-state index is 0.0179. The quantitative estimate of drug-likeness (QED) is 0.676. The maximum absolute atomic E-state index is 12.0. The fourth-order valence-corrected chi connectivity index (χ4v) is 3.10. The number of carbonyl (C=O) groups excluding carboxylic acids is 1. The van der Waals surface area contributed by atoms with Gasteiger partial charge in [-0.05, 0) is 55.9 Å². The molecule has 4 nitrogen and oxygen atoms in total. The number of aliphatic hydroxyl groups is 1. The van der Waals surface area contributed by atoms with Crippen molar-refractivity contribution in [1.29, 1.82) is 0 Å². The monoisotopic (exact) mass is 298 g/mol. The van der Waals surface area contributed by atoms with Crippen molar-refractivity contribution >= 4 is 5.91 Å². The minimum atomic E-state index is -0.721. The van der Waals surface area contributed by atoms with Crippen molar-refractivity contribution in [2.45, 2.75) is 71.8 Å². The van der Waals surface area contributed by atoms with Crippen LogP contribution in [0.2, 0.25) is 0 Å². The second kappa shape index (κ2) is 7.59. The molecule has 0 aromatic rings. The first-order chi connectivity index (χ1) is 9.66. The van der Waals surface area contributed by atoms with E-state index >= 15 is 0 Å². The summed E-state index contributed by atoms with van der Waals surface area (Å²) >= 11 is 0. The fraction of sp³-hybridized carbons (Fsp3) is 0.941. The Bertz CT molecular complexity index is 330. The first-order valence-electron chi connectivity index (χ1n) is 8.35. The molecule has 4 heteroatoms. The molecule has 1 aliphatic carbocycles. The van der Waals surface area contributed by atoms with Gasteiger partial charge in [-0.25, -0.2) is 0 Å². The summed E-state index contributed by atoms with van der Waals surface area (Å²) in [4.78, 5) is 12.0. The molecule has 0 saturated heterocycles. The van der Waals surface area contributed by atoms with Gasteiger partial charge in [0.25, 0.3) is 0 Å². The number of rotatable bonds is 7. The molecule has 1 rings (SSSR count). The van der Waals surface area contributed by atoms with Gasteiger partial charge in [0, 0.05) is 13.0 Å². The Morgan fingerprint density at radius 3 is 2.29 bits per heavy atom. The van der Waals surface area contributed by atoms with Gasteiger partial charge in [0.2, 0.25) is 5.91 Å². The van der Waals surface area contributed by atoms with Gasteiger partial charge in [-0.1, -0.05) is 27.7 Å². The highest BCUT2D eigenvalue weighted by Gasteiger charge is 2.36. The predicted octanol–water partition coefficient (Wildman–Crippen LogP) is 2.45. The lowest BCUT2D eigenvalue weighted by molar-refractivity contribution is -0.124. The summed E-state index contributed by atoms with van der Waals surface area (Å²) in [6.07, 6.45) is 5.01. The zero-order valence-electron chi connectivity index (χ0n) is 14.2. The molecule has 1 amide bonds. The van der Waals surface area contributed by atoms with Gasteiger partial charge >= 0.3 is 0 Å². The van der Waals surface area contributed by atoms with Crippen molar-refractivity contribution in [2.75, 3.05) is 13.1 Å². The molecular weight excluding hydrogens is 264 g/mol. The SMILES string of the molecule is CC(C)C[C@H](CN)CC(=O)NCC1(O)CCC(C)(C)CC1. The third-order valence-corrected chi connectivity index (χ3v) is 4.76. The standard InChI is InChI=1S/C17H34N2O2/c1-13(2)9-14(11-18)10-15(20)19-12-17(21)7-5-16(3,4)6-8-17/h13-14,21H,5-12,18H2,1-4H3,(H,19,20)/t14-/m0/s1. The van der Waals surface area contributed by atoms with Gasteiger partial charge in [-0.3, -0.25) is 4.79 Å². The van der Waals surface area contributed by atoms with Gasteiger partial charge in [-0.2, -0.15) is 0 Å². The first-order valence-corrected chi connectivity index (χ1v) is 8.35. The zero-order valence-corrected chi connectivity index (χ0v) is 14.2. The third kappa shape index (κ3) is 6.79. The topological polar surface area (TPSA) is 75.4 Å². The van der Waals surface area contributed by atoms with E-state index in [0.717, 1.165) is 32.1 Å². The molecule has 1 fully saturated rings. The summed E-state index contributed by atoms with van der Waals surface area (Å²) in [6, 6.07) is 0. The summed E-state index contributed by atoms with van der Waals surface area (Å²) in [6.45, 7) is 9.69. The van der Waals surface area contributed by atoms with Crippen LogP contribution in [0.4, 0.5) is 0 Å². The molecule has 0 heterocycles. The van der Waals surface area contributed by atoms with Crippen molar-refractivity contribution in [2.24, 2.45) is 23.0 Å². The maximum Gasteiger partial charge on any atom is 0.220 e. The average molecular weight is 298 g/mol. The summed E-state index contributed by atoms with van der Waals surface area (Å²) in [5.41, 5.74) is 5.33. The van der Waals surface area contributed by atoms with E-state index < -0.39 is 5.60 Å². The Morgan fingerprint density at radius 1 is 1.24 bits per heavy atom. The van der Waals surface area contributed by atoms with Gasteiger partial charge in [0.1, 0.15) is 0 Å². The second-order valence-corrected chi connectivity index (χ2v) is 8.10. The first kappa shape index (κ1) is 18.4. The van der Waals surface area contributed by atoms with Crippen LogP contribution in [-0.4, -0.2) is 29.7 Å². The molecule has 0 unspecified atom stereocenters. The molecule has 4 N–H and O–H groups in total. The van der Waals surface area contributed by atoms with Crippen LogP contribution in [0.5, 0.6) is 0 Å². The lowest BCUT2D eigenvalue weighted by Crippen LogP contribution is -2.47. The summed E-state index contributed by atoms with van der Waals surface area (Å²) in [5, 5.41) is 13.5. The lowest BCUT2D eigenvalue weighted by atomic mass is 9.71. The molecule has 0 aliphatic heterocycles. The van der Waals surface area contributed by atoms with E-state index in [2.05, 4.69) is 33.0 Å². The minimum Gasteiger partial charge on any atom is -0.388 e. The van der Waals surface area contributed by atoms with Crippen LogP contribution in [-0.2, 0) is 4.79 Å². The molecule has 0 bridgehead atoms. The summed E-state index contributed by atoms with van der Waals surface area (Å²) in [7, 11) is 0. The Morgan fingerprint density at radius 2 is 1.81 bits per heavy atom. The number of amides is 1. The molecule has 0 aromatic heterocycles. The van der Waals surface area contributed by atoms with E-state index in [4.69, 9.17) is 5.73 Å². The van der Waals surface area contributed by atoms with Crippen LogP contribution in [0.15, 0.2) is 0 Å². The molecular formula is C17H34N2O2. The van der Waals surface area contributed by atoms with Gasteiger partial charge < -0.3 is 16.2 Å². The molecule has 1 atom stereocenters. The molecule has 1 aliphatic rings. The number of hydrogen-bond donors (Lipinski definition) is 3. The zero-order chi connectivity index (χ0) is 16.1. The molecule has 0 aromatic carbocycles. The van der Waals surface area contributed by atoms with Crippen molar-refractivity contribution in [1.82, 2.24) is 5.32 Å². The third-order valence-electron chi connectivity index (χ3n) is 4.76. The Kier molecular flexibility index (Phi) is 6.67. The van der Waals surface area contributed by atoms with Crippen LogP contribution in [0.25, 0.3) is 0 Å². The molecule has 0 spiro atoms. The smallest absolute Gasteiger partial charge is 0.220 e. The normalized spacial score (nSPS) is 22.0. The number of hydrogen-bond acceptors (Lipinski definition) is 3. The van der Waals surface area contributed by atoms with Crippen LogP contribution >= 0.6 is 0 Å².